The van der Waals surface area contributed by atoms with Crippen molar-refractivity contribution < 1.29 is 4.79 Å². The molecular weight excluding hydrogens is 414 g/mol. The fourth-order valence-corrected chi connectivity index (χ4v) is 5.02. The summed E-state index contributed by atoms with van der Waals surface area (Å²) < 4.78 is 0. The SMILES string of the molecule is O=C(CCC1=NNC2C3CC(c4ccc(Cl)cc4)NN3C=CN12)NCCN1CCCC1. The number of amides is 1. The first kappa shape index (κ1) is 20.6. The van der Waals surface area contributed by atoms with Crippen molar-refractivity contribution in [2.75, 3.05) is 26.2 Å². The average molecular weight is 444 g/mol. The Balaban J connectivity index is 1.11. The van der Waals surface area contributed by atoms with Crippen molar-refractivity contribution in [1.29, 1.82) is 0 Å². The van der Waals surface area contributed by atoms with Crippen LogP contribution in [0.15, 0.2) is 41.8 Å². The minimum absolute atomic E-state index is 0.0722. The van der Waals surface area contributed by atoms with Crippen molar-refractivity contribution in [2.45, 2.75) is 50.4 Å². The summed E-state index contributed by atoms with van der Waals surface area (Å²) >= 11 is 6.03. The summed E-state index contributed by atoms with van der Waals surface area (Å²) in [6.45, 7) is 4.00. The van der Waals surface area contributed by atoms with Gasteiger partial charge in [-0.15, -0.1) is 0 Å². The van der Waals surface area contributed by atoms with Crippen LogP contribution in [0.2, 0.25) is 5.02 Å². The Labute approximate surface area is 188 Å². The van der Waals surface area contributed by atoms with E-state index in [1.165, 1.54) is 18.4 Å². The van der Waals surface area contributed by atoms with Gasteiger partial charge in [-0.2, -0.15) is 5.10 Å². The predicted molar refractivity (Wildman–Crippen MR) is 121 cm³/mol. The lowest BCUT2D eigenvalue weighted by Crippen LogP contribution is -2.54. The van der Waals surface area contributed by atoms with Gasteiger partial charge in [-0.05, 0) is 50.0 Å². The van der Waals surface area contributed by atoms with E-state index in [1.54, 1.807) is 0 Å². The lowest BCUT2D eigenvalue weighted by atomic mass is 9.99. The van der Waals surface area contributed by atoms with E-state index in [0.717, 1.165) is 43.5 Å². The Kier molecular flexibility index (Phi) is 6.02. The number of likely N-dealkylation sites (tertiary alicyclic amines) is 1. The van der Waals surface area contributed by atoms with Gasteiger partial charge in [-0.3, -0.25) is 10.2 Å². The number of benzene rings is 1. The quantitative estimate of drug-likeness (QED) is 0.598. The van der Waals surface area contributed by atoms with Gasteiger partial charge in [-0.1, -0.05) is 23.7 Å². The van der Waals surface area contributed by atoms with Crippen LogP contribution in [0.4, 0.5) is 0 Å². The van der Waals surface area contributed by atoms with Crippen LogP contribution in [0, 0.1) is 0 Å². The first-order chi connectivity index (χ1) is 15.2. The third-order valence-electron chi connectivity index (χ3n) is 6.61. The zero-order valence-corrected chi connectivity index (χ0v) is 18.4. The highest BCUT2D eigenvalue weighted by atomic mass is 35.5. The molecule has 166 valence electrons. The van der Waals surface area contributed by atoms with Crippen LogP contribution >= 0.6 is 11.6 Å². The predicted octanol–water partition coefficient (Wildman–Crippen LogP) is 1.98. The van der Waals surface area contributed by atoms with E-state index in [1.807, 2.05) is 18.3 Å². The fourth-order valence-electron chi connectivity index (χ4n) is 4.90. The number of carbonyl (C=O) groups excluding carboxylic acids is 1. The molecule has 3 atom stereocenters. The number of hydrogen-bond acceptors (Lipinski definition) is 7. The second-order valence-corrected chi connectivity index (χ2v) is 9.09. The van der Waals surface area contributed by atoms with Gasteiger partial charge in [0.2, 0.25) is 5.91 Å². The molecule has 3 unspecified atom stereocenters. The van der Waals surface area contributed by atoms with Gasteiger partial charge in [0.1, 0.15) is 12.0 Å². The zero-order chi connectivity index (χ0) is 21.2. The zero-order valence-electron chi connectivity index (χ0n) is 17.6. The van der Waals surface area contributed by atoms with E-state index in [9.17, 15) is 4.79 Å². The third-order valence-corrected chi connectivity index (χ3v) is 6.86. The maximum absolute atomic E-state index is 12.3. The molecule has 4 aliphatic rings. The molecule has 4 aliphatic heterocycles. The fraction of sp³-hybridized carbons (Fsp3) is 0.545. The Bertz CT molecular complexity index is 852. The highest BCUT2D eigenvalue weighted by Gasteiger charge is 2.44. The van der Waals surface area contributed by atoms with Crippen LogP contribution in [-0.4, -0.2) is 64.9 Å². The van der Waals surface area contributed by atoms with E-state index in [0.29, 0.717) is 12.8 Å². The molecule has 0 aliphatic carbocycles. The molecule has 0 radical (unpaired) electrons. The third kappa shape index (κ3) is 4.51. The molecule has 1 amide bonds. The molecule has 4 heterocycles. The summed E-state index contributed by atoms with van der Waals surface area (Å²) in [7, 11) is 0. The number of nitrogens with one attached hydrogen (secondary N) is 3. The molecule has 0 saturated carbocycles. The van der Waals surface area contributed by atoms with E-state index < -0.39 is 0 Å². The van der Waals surface area contributed by atoms with Crippen molar-refractivity contribution in [3.8, 4) is 0 Å². The number of rotatable bonds is 7. The highest BCUT2D eigenvalue weighted by Crippen LogP contribution is 2.34. The largest absolute Gasteiger partial charge is 0.355 e. The van der Waals surface area contributed by atoms with Gasteiger partial charge >= 0.3 is 0 Å². The number of amidine groups is 1. The monoisotopic (exact) mass is 443 g/mol. The Hall–Kier alpha value is -2.29. The summed E-state index contributed by atoms with van der Waals surface area (Å²) in [6, 6.07) is 8.51. The summed E-state index contributed by atoms with van der Waals surface area (Å²) in [5, 5.41) is 10.5. The molecular formula is C22H30ClN7O. The van der Waals surface area contributed by atoms with E-state index in [-0.39, 0.29) is 24.2 Å². The number of fused-ring (bicyclic) bond motifs is 3. The topological polar surface area (TPSA) is 75.2 Å². The summed E-state index contributed by atoms with van der Waals surface area (Å²) in [5.41, 5.74) is 8.08. The van der Waals surface area contributed by atoms with Gasteiger partial charge in [0.05, 0.1) is 12.1 Å². The molecule has 5 rings (SSSR count). The number of halogens is 1. The van der Waals surface area contributed by atoms with Crippen molar-refractivity contribution in [3.05, 3.63) is 47.3 Å². The molecule has 0 spiro atoms. The summed E-state index contributed by atoms with van der Waals surface area (Å²) in [4.78, 5) is 16.9. The van der Waals surface area contributed by atoms with Gasteiger partial charge in [-0.25, -0.2) is 5.43 Å². The second-order valence-electron chi connectivity index (χ2n) is 8.65. The first-order valence-corrected chi connectivity index (χ1v) is 11.6. The minimum atomic E-state index is 0.0722. The van der Waals surface area contributed by atoms with Crippen LogP contribution in [0.3, 0.4) is 0 Å². The molecule has 0 aromatic heterocycles. The molecule has 2 fully saturated rings. The summed E-state index contributed by atoms with van der Waals surface area (Å²) in [5.74, 6) is 1.02. The standard InChI is InChI=1S/C22H30ClN7O/c23-17-5-3-16(4-6-17)18-15-19-22-26-25-20(29(22)13-14-30(19)27-18)7-8-21(31)24-9-12-28-10-1-2-11-28/h3-6,13-14,18-19,22,26-27H,1-2,7-12,15H2,(H,24,31). The van der Waals surface area contributed by atoms with Gasteiger partial charge in [0, 0.05) is 43.4 Å². The maximum Gasteiger partial charge on any atom is 0.220 e. The van der Waals surface area contributed by atoms with Gasteiger partial charge < -0.3 is 20.1 Å². The minimum Gasteiger partial charge on any atom is -0.355 e. The highest BCUT2D eigenvalue weighted by molar-refractivity contribution is 6.30. The number of nitrogens with zero attached hydrogens (tertiary/aromatic N) is 4. The molecule has 9 heteroatoms. The van der Waals surface area contributed by atoms with Crippen molar-refractivity contribution in [2.24, 2.45) is 5.10 Å². The molecule has 2 saturated heterocycles. The molecule has 1 aromatic carbocycles. The van der Waals surface area contributed by atoms with Crippen molar-refractivity contribution in [1.82, 2.24) is 31.0 Å². The van der Waals surface area contributed by atoms with Gasteiger partial charge in [0.25, 0.3) is 0 Å². The molecule has 31 heavy (non-hydrogen) atoms. The maximum atomic E-state index is 12.3. The van der Waals surface area contributed by atoms with Crippen LogP contribution in [0.25, 0.3) is 0 Å². The molecule has 0 bridgehead atoms. The van der Waals surface area contributed by atoms with Crippen LogP contribution in [0.1, 0.15) is 43.7 Å². The van der Waals surface area contributed by atoms with E-state index in [2.05, 4.69) is 54.4 Å². The first-order valence-electron chi connectivity index (χ1n) is 11.3. The Morgan fingerprint density at radius 2 is 2.00 bits per heavy atom. The molecule has 3 N–H and O–H groups in total. The lowest BCUT2D eigenvalue weighted by molar-refractivity contribution is -0.121. The second kappa shape index (κ2) is 9.06. The number of hydrazone groups is 1. The van der Waals surface area contributed by atoms with Crippen molar-refractivity contribution >= 4 is 23.3 Å². The summed E-state index contributed by atoms with van der Waals surface area (Å²) in [6.07, 6.45) is 8.78. The lowest BCUT2D eigenvalue weighted by Gasteiger charge is -2.37. The number of hydrazine groups is 1. The van der Waals surface area contributed by atoms with Crippen LogP contribution in [0.5, 0.6) is 0 Å². The number of hydrogen-bond donors (Lipinski definition) is 3. The molecule has 1 aromatic rings. The molecule has 8 nitrogen and oxygen atoms in total. The van der Waals surface area contributed by atoms with Crippen LogP contribution < -0.4 is 16.2 Å². The van der Waals surface area contributed by atoms with E-state index >= 15 is 0 Å². The smallest absolute Gasteiger partial charge is 0.220 e. The van der Waals surface area contributed by atoms with Gasteiger partial charge in [0.15, 0.2) is 0 Å². The Morgan fingerprint density at radius 1 is 1.19 bits per heavy atom. The van der Waals surface area contributed by atoms with Crippen LogP contribution in [-0.2, 0) is 4.79 Å². The number of carbonyl (C=O) groups is 1. The van der Waals surface area contributed by atoms with E-state index in [4.69, 9.17) is 11.6 Å². The average Bonchev–Trinajstić information content (AvgIpc) is 3.51. The van der Waals surface area contributed by atoms with Crippen molar-refractivity contribution in [3.63, 3.8) is 0 Å². The normalized spacial score (nSPS) is 27.1. The Morgan fingerprint density at radius 3 is 2.81 bits per heavy atom.